The summed E-state index contributed by atoms with van der Waals surface area (Å²) in [7, 11) is 0. The number of ether oxygens (including phenoxy) is 5. The summed E-state index contributed by atoms with van der Waals surface area (Å²) in [4.78, 5) is 25.2. The summed E-state index contributed by atoms with van der Waals surface area (Å²) >= 11 is 0. The topological polar surface area (TPSA) is 113 Å². The molecule has 0 unspecified atom stereocenters. The van der Waals surface area contributed by atoms with Gasteiger partial charge in [0.05, 0.1) is 12.0 Å². The number of aliphatic carboxylic acids is 1. The van der Waals surface area contributed by atoms with Crippen molar-refractivity contribution in [1.29, 1.82) is 0 Å². The molecule has 3 atom stereocenters. The quantitative estimate of drug-likeness (QED) is 0.450. The van der Waals surface area contributed by atoms with Crippen LogP contribution in [0.25, 0.3) is 0 Å². The molecule has 0 bridgehead atoms. The van der Waals surface area contributed by atoms with E-state index in [1.165, 1.54) is 24.3 Å². The number of halogens is 4. The Morgan fingerprint density at radius 2 is 1.73 bits per heavy atom. The second-order valence-electron chi connectivity index (χ2n) is 11.0. The van der Waals surface area contributed by atoms with E-state index in [1.54, 1.807) is 13.0 Å². The normalized spacial score (nSPS) is 29.1. The van der Waals surface area contributed by atoms with Gasteiger partial charge in [-0.3, -0.25) is 9.59 Å². The molecule has 2 aromatic carbocycles. The van der Waals surface area contributed by atoms with Gasteiger partial charge in [0.2, 0.25) is 5.91 Å². The number of carbonyl (C=O) groups is 2. The lowest BCUT2D eigenvalue weighted by atomic mass is 9.76. The number of hydrogen-bond acceptors (Lipinski definition) is 7. The first kappa shape index (κ1) is 27.3. The minimum atomic E-state index is -3.83. The summed E-state index contributed by atoms with van der Waals surface area (Å²) < 4.78 is 78.5. The number of nitrogens with one attached hydrogen (secondary N) is 1. The van der Waals surface area contributed by atoms with E-state index in [0.29, 0.717) is 43.2 Å². The Hall–Kier alpha value is -3.90. The van der Waals surface area contributed by atoms with Crippen molar-refractivity contribution in [2.24, 2.45) is 11.8 Å². The molecule has 1 saturated carbocycles. The van der Waals surface area contributed by atoms with Gasteiger partial charge in [0.15, 0.2) is 11.5 Å². The number of rotatable bonds is 6. The van der Waals surface area contributed by atoms with E-state index in [1.807, 2.05) is 0 Å². The van der Waals surface area contributed by atoms with Crippen LogP contribution in [0.15, 0.2) is 30.3 Å². The highest BCUT2D eigenvalue weighted by Gasteiger charge is 2.49. The summed E-state index contributed by atoms with van der Waals surface area (Å²) in [6, 6.07) is 6.26. The molecule has 0 radical (unpaired) electrons. The van der Waals surface area contributed by atoms with E-state index in [0.717, 1.165) is 0 Å². The van der Waals surface area contributed by atoms with Gasteiger partial charge < -0.3 is 34.1 Å². The number of carboxylic acid groups (broad SMARTS) is 1. The second kappa shape index (κ2) is 9.88. The molecule has 2 aromatic rings. The SMILES string of the molecule is C[C@]1(C(=O)N[C@H]2C[C@@H]([C@H]3CC[C@H](C(=O)O)CC3)Oc3cc(OC(F)F)ccc32)COc2cc3c(cc21)OC(F)(F)O3. The maximum absolute atomic E-state index is 13.8. The van der Waals surface area contributed by atoms with Crippen LogP contribution in [0.1, 0.15) is 56.2 Å². The van der Waals surface area contributed by atoms with Gasteiger partial charge in [-0.2, -0.15) is 8.78 Å². The minimum absolute atomic E-state index is 0.00893. The Morgan fingerprint density at radius 3 is 2.41 bits per heavy atom. The zero-order valence-corrected chi connectivity index (χ0v) is 21.8. The summed E-state index contributed by atoms with van der Waals surface area (Å²) in [5, 5.41) is 12.4. The molecular formula is C28H27F4NO8. The first-order valence-corrected chi connectivity index (χ1v) is 13.3. The first-order valence-electron chi connectivity index (χ1n) is 13.3. The van der Waals surface area contributed by atoms with Gasteiger partial charge in [0.25, 0.3) is 0 Å². The van der Waals surface area contributed by atoms with Crippen LogP contribution in [0.5, 0.6) is 28.7 Å². The van der Waals surface area contributed by atoms with Gasteiger partial charge in [-0.05, 0) is 56.7 Å². The van der Waals surface area contributed by atoms with Gasteiger partial charge in [-0.1, -0.05) is 0 Å². The Balaban J connectivity index is 1.26. The molecule has 3 heterocycles. The third-order valence-electron chi connectivity index (χ3n) is 8.40. The molecule has 220 valence electrons. The van der Waals surface area contributed by atoms with Crippen molar-refractivity contribution < 1.29 is 55.9 Å². The number of hydrogen-bond donors (Lipinski definition) is 2. The predicted octanol–water partition coefficient (Wildman–Crippen LogP) is 5.16. The van der Waals surface area contributed by atoms with E-state index < -0.39 is 48.3 Å². The van der Waals surface area contributed by atoms with Crippen LogP contribution in [0.4, 0.5) is 17.6 Å². The van der Waals surface area contributed by atoms with E-state index in [9.17, 15) is 32.3 Å². The number of fused-ring (bicyclic) bond motifs is 3. The Kier molecular flexibility index (Phi) is 6.57. The monoisotopic (exact) mass is 581 g/mol. The lowest BCUT2D eigenvalue weighted by Gasteiger charge is -2.39. The molecule has 9 nitrogen and oxygen atoms in total. The number of benzene rings is 2. The molecule has 1 fully saturated rings. The zero-order valence-electron chi connectivity index (χ0n) is 21.8. The van der Waals surface area contributed by atoms with Crippen molar-refractivity contribution in [1.82, 2.24) is 5.32 Å². The van der Waals surface area contributed by atoms with Crippen molar-refractivity contribution in [2.45, 2.75) is 69.5 Å². The van der Waals surface area contributed by atoms with Gasteiger partial charge in [-0.25, -0.2) is 0 Å². The van der Waals surface area contributed by atoms with Crippen molar-refractivity contribution in [3.63, 3.8) is 0 Å². The average molecular weight is 582 g/mol. The molecule has 1 aliphatic carbocycles. The molecule has 13 heteroatoms. The Labute approximate surface area is 231 Å². The van der Waals surface area contributed by atoms with Crippen LogP contribution in [0.2, 0.25) is 0 Å². The van der Waals surface area contributed by atoms with Crippen LogP contribution >= 0.6 is 0 Å². The van der Waals surface area contributed by atoms with E-state index in [2.05, 4.69) is 19.5 Å². The van der Waals surface area contributed by atoms with Gasteiger partial charge in [-0.15, -0.1) is 8.78 Å². The molecular weight excluding hydrogens is 554 g/mol. The Morgan fingerprint density at radius 1 is 1.02 bits per heavy atom. The zero-order chi connectivity index (χ0) is 29.1. The third-order valence-corrected chi connectivity index (χ3v) is 8.40. The van der Waals surface area contributed by atoms with Crippen molar-refractivity contribution in [3.8, 4) is 28.7 Å². The highest BCUT2D eigenvalue weighted by atomic mass is 19.3. The lowest BCUT2D eigenvalue weighted by Crippen LogP contribution is -2.47. The maximum Gasteiger partial charge on any atom is 0.586 e. The second-order valence-corrected chi connectivity index (χ2v) is 11.0. The standard InChI is InChI=1S/C28H27F4NO8/c1-27(12-37-21-11-23-22(9-17(21)27)40-28(31,32)41-23)25(36)33-18-10-19(13-2-4-14(5-3-13)24(34)35)39-20-8-15(38-26(29)30)6-7-16(18)20/h6-9,11,13-14,18-19,26H,2-5,10,12H2,1H3,(H,33,36)(H,34,35)/t13-,14-,18-,19-,27-/m0/s1. The molecule has 1 amide bonds. The molecule has 41 heavy (non-hydrogen) atoms. The van der Waals surface area contributed by atoms with Crippen molar-refractivity contribution >= 4 is 11.9 Å². The fourth-order valence-corrected chi connectivity index (χ4v) is 6.15. The van der Waals surface area contributed by atoms with Crippen LogP contribution in [0.3, 0.4) is 0 Å². The fraction of sp³-hybridized carbons (Fsp3) is 0.500. The fourth-order valence-electron chi connectivity index (χ4n) is 6.15. The first-order chi connectivity index (χ1) is 19.4. The van der Waals surface area contributed by atoms with Crippen LogP contribution in [-0.4, -0.2) is 42.6 Å². The van der Waals surface area contributed by atoms with Gasteiger partial charge in [0, 0.05) is 29.7 Å². The van der Waals surface area contributed by atoms with Crippen molar-refractivity contribution in [2.75, 3.05) is 6.61 Å². The van der Waals surface area contributed by atoms with Gasteiger partial charge in [0.1, 0.15) is 35.4 Å². The Bertz CT molecular complexity index is 1380. The molecule has 6 rings (SSSR count). The molecule has 2 N–H and O–H groups in total. The molecule has 3 aliphatic heterocycles. The summed E-state index contributed by atoms with van der Waals surface area (Å²) in [6.45, 7) is -1.47. The highest BCUT2D eigenvalue weighted by molar-refractivity contribution is 5.90. The van der Waals surface area contributed by atoms with Crippen LogP contribution in [0, 0.1) is 11.8 Å². The summed E-state index contributed by atoms with van der Waals surface area (Å²) in [6.07, 6.45) is -1.72. The third kappa shape index (κ3) is 5.06. The maximum atomic E-state index is 13.8. The number of amides is 1. The number of carboxylic acids is 1. The van der Waals surface area contributed by atoms with E-state index in [4.69, 9.17) is 9.47 Å². The molecule has 0 spiro atoms. The smallest absolute Gasteiger partial charge is 0.492 e. The average Bonchev–Trinajstić information content (AvgIpc) is 3.41. The molecule has 0 saturated heterocycles. The van der Waals surface area contributed by atoms with E-state index >= 15 is 0 Å². The van der Waals surface area contributed by atoms with Crippen molar-refractivity contribution in [3.05, 3.63) is 41.5 Å². The van der Waals surface area contributed by atoms with Crippen LogP contribution in [-0.2, 0) is 15.0 Å². The molecule has 4 aliphatic rings. The predicted molar refractivity (Wildman–Crippen MR) is 132 cm³/mol. The minimum Gasteiger partial charge on any atom is -0.492 e. The number of carbonyl (C=O) groups excluding carboxylic acids is 1. The highest BCUT2D eigenvalue weighted by Crippen LogP contribution is 2.50. The lowest BCUT2D eigenvalue weighted by molar-refractivity contribution is -0.286. The summed E-state index contributed by atoms with van der Waals surface area (Å²) in [5.41, 5.74) is -0.354. The molecule has 0 aromatic heterocycles. The largest absolute Gasteiger partial charge is 0.586 e. The summed E-state index contributed by atoms with van der Waals surface area (Å²) in [5.74, 6) is -1.72. The van der Waals surface area contributed by atoms with Crippen LogP contribution < -0.4 is 29.0 Å². The van der Waals surface area contributed by atoms with E-state index in [-0.39, 0.29) is 41.3 Å². The van der Waals surface area contributed by atoms with Gasteiger partial charge >= 0.3 is 18.9 Å². The number of alkyl halides is 4.